The highest BCUT2D eigenvalue weighted by Crippen LogP contribution is 2.24. The van der Waals surface area contributed by atoms with Gasteiger partial charge in [-0.2, -0.15) is 0 Å². The number of carbonyl (C=O) groups excluding carboxylic acids is 1. The second kappa shape index (κ2) is 8.06. The summed E-state index contributed by atoms with van der Waals surface area (Å²) in [6.07, 6.45) is 2.88. The quantitative estimate of drug-likeness (QED) is 0.782. The van der Waals surface area contributed by atoms with Crippen LogP contribution in [0.3, 0.4) is 0 Å². The minimum Gasteiger partial charge on any atom is -0.326 e. The molecule has 7 nitrogen and oxygen atoms in total. The SMILES string of the molecule is CCCS(=O)(=O)N1CCC[C@@H](C(=O)Nc2cc(S(C)(=O)=O)ccc2C)C1. The Labute approximate surface area is 155 Å². The van der Waals surface area contributed by atoms with Crippen molar-refractivity contribution in [2.75, 3.05) is 30.4 Å². The Kier molecular flexibility index (Phi) is 6.46. The molecule has 1 aliphatic rings. The molecule has 0 unspecified atom stereocenters. The van der Waals surface area contributed by atoms with E-state index in [0.29, 0.717) is 31.5 Å². The Morgan fingerprint density at radius 1 is 1.27 bits per heavy atom. The molecule has 2 rings (SSSR count). The fourth-order valence-corrected chi connectivity index (χ4v) is 5.23. The predicted molar refractivity (Wildman–Crippen MR) is 101 cm³/mol. The van der Waals surface area contributed by atoms with Crippen LogP contribution in [0.15, 0.2) is 23.1 Å². The predicted octanol–water partition coefficient (Wildman–Crippen LogP) is 1.79. The van der Waals surface area contributed by atoms with Crippen molar-refractivity contribution in [1.82, 2.24) is 4.31 Å². The second-order valence-corrected chi connectivity index (χ2v) is 10.9. The average Bonchev–Trinajstić information content (AvgIpc) is 2.56. The smallest absolute Gasteiger partial charge is 0.228 e. The zero-order valence-electron chi connectivity index (χ0n) is 15.4. The largest absolute Gasteiger partial charge is 0.326 e. The number of rotatable bonds is 6. The summed E-state index contributed by atoms with van der Waals surface area (Å²) in [6, 6.07) is 4.59. The number of sulfonamides is 1. The molecule has 1 aromatic rings. The van der Waals surface area contributed by atoms with Crippen molar-refractivity contribution in [3.63, 3.8) is 0 Å². The molecule has 1 aliphatic heterocycles. The standard InChI is InChI=1S/C17H26N2O5S2/c1-4-10-26(23,24)19-9-5-6-14(12-19)17(20)18-16-11-15(25(3,21)22)8-7-13(16)2/h7-8,11,14H,4-6,9-10,12H2,1-3H3,(H,18,20)/t14-/m1/s1. The lowest BCUT2D eigenvalue weighted by molar-refractivity contribution is -0.120. The lowest BCUT2D eigenvalue weighted by Gasteiger charge is -2.31. The van der Waals surface area contributed by atoms with Gasteiger partial charge in [0.25, 0.3) is 0 Å². The first-order valence-corrected chi connectivity index (χ1v) is 12.1. The lowest BCUT2D eigenvalue weighted by atomic mass is 9.98. The van der Waals surface area contributed by atoms with Crippen LogP contribution in [0.1, 0.15) is 31.7 Å². The second-order valence-electron chi connectivity index (χ2n) is 6.75. The number of aryl methyl sites for hydroxylation is 1. The summed E-state index contributed by atoms with van der Waals surface area (Å²) in [4.78, 5) is 12.8. The Morgan fingerprint density at radius 3 is 2.58 bits per heavy atom. The topological polar surface area (TPSA) is 101 Å². The van der Waals surface area contributed by atoms with Crippen LogP contribution < -0.4 is 5.32 Å². The van der Waals surface area contributed by atoms with Crippen LogP contribution in [0, 0.1) is 12.8 Å². The van der Waals surface area contributed by atoms with Gasteiger partial charge in [-0.25, -0.2) is 21.1 Å². The number of nitrogens with zero attached hydrogens (tertiary/aromatic N) is 1. The lowest BCUT2D eigenvalue weighted by Crippen LogP contribution is -2.44. The van der Waals surface area contributed by atoms with Crippen LogP contribution in [0.2, 0.25) is 0 Å². The summed E-state index contributed by atoms with van der Waals surface area (Å²) < 4.78 is 49.3. The third kappa shape index (κ3) is 5.05. The highest BCUT2D eigenvalue weighted by molar-refractivity contribution is 7.90. The van der Waals surface area contributed by atoms with Gasteiger partial charge in [0.1, 0.15) is 0 Å². The molecular weight excluding hydrogens is 376 g/mol. The van der Waals surface area contributed by atoms with Gasteiger partial charge in [-0.3, -0.25) is 4.79 Å². The van der Waals surface area contributed by atoms with Gasteiger partial charge >= 0.3 is 0 Å². The van der Waals surface area contributed by atoms with Crippen LogP contribution >= 0.6 is 0 Å². The van der Waals surface area contributed by atoms with E-state index in [4.69, 9.17) is 0 Å². The summed E-state index contributed by atoms with van der Waals surface area (Å²) >= 11 is 0. The van der Waals surface area contributed by atoms with Crippen molar-refractivity contribution in [3.05, 3.63) is 23.8 Å². The van der Waals surface area contributed by atoms with Crippen molar-refractivity contribution in [3.8, 4) is 0 Å². The van der Waals surface area contributed by atoms with Crippen molar-refractivity contribution < 1.29 is 21.6 Å². The van der Waals surface area contributed by atoms with E-state index in [1.165, 1.54) is 16.4 Å². The van der Waals surface area contributed by atoms with E-state index in [1.54, 1.807) is 13.0 Å². The minimum atomic E-state index is -3.38. The van der Waals surface area contributed by atoms with E-state index >= 15 is 0 Å². The summed E-state index contributed by atoms with van der Waals surface area (Å²) in [7, 11) is -6.71. The third-order valence-electron chi connectivity index (χ3n) is 4.51. The Hall–Kier alpha value is -1.45. The number of hydrogen-bond acceptors (Lipinski definition) is 5. The third-order valence-corrected chi connectivity index (χ3v) is 7.66. The van der Waals surface area contributed by atoms with Crippen LogP contribution in [-0.2, 0) is 24.7 Å². The first-order chi connectivity index (χ1) is 12.0. The van der Waals surface area contributed by atoms with Crippen LogP contribution in [0.25, 0.3) is 0 Å². The van der Waals surface area contributed by atoms with E-state index in [0.717, 1.165) is 11.8 Å². The first kappa shape index (κ1) is 20.9. The molecule has 146 valence electrons. The molecule has 1 N–H and O–H groups in total. The van der Waals surface area contributed by atoms with Crippen molar-refractivity contribution in [2.24, 2.45) is 5.92 Å². The van der Waals surface area contributed by atoms with Gasteiger partial charge < -0.3 is 5.32 Å². The number of anilines is 1. The van der Waals surface area contributed by atoms with E-state index < -0.39 is 25.8 Å². The van der Waals surface area contributed by atoms with Gasteiger partial charge in [0.15, 0.2) is 9.84 Å². The number of sulfone groups is 1. The molecule has 0 bridgehead atoms. The monoisotopic (exact) mass is 402 g/mol. The molecule has 0 aliphatic carbocycles. The van der Waals surface area contributed by atoms with Gasteiger partial charge in [-0.1, -0.05) is 13.0 Å². The maximum atomic E-state index is 12.6. The zero-order chi connectivity index (χ0) is 19.5. The summed E-state index contributed by atoms with van der Waals surface area (Å²) in [5, 5.41) is 2.77. The Bertz CT molecular complexity index is 878. The minimum absolute atomic E-state index is 0.0802. The summed E-state index contributed by atoms with van der Waals surface area (Å²) in [6.45, 7) is 4.19. The highest BCUT2D eigenvalue weighted by Gasteiger charge is 2.32. The molecule has 1 saturated heterocycles. The molecule has 0 spiro atoms. The number of amides is 1. The summed E-state index contributed by atoms with van der Waals surface area (Å²) in [5.41, 5.74) is 1.18. The Morgan fingerprint density at radius 2 is 1.96 bits per heavy atom. The van der Waals surface area contributed by atoms with E-state index in [1.807, 2.05) is 6.92 Å². The van der Waals surface area contributed by atoms with Gasteiger partial charge in [0.2, 0.25) is 15.9 Å². The van der Waals surface area contributed by atoms with Crippen molar-refractivity contribution in [2.45, 2.75) is 38.0 Å². The molecular formula is C17H26N2O5S2. The normalized spacial score (nSPS) is 19.3. The molecule has 9 heteroatoms. The molecule has 1 amide bonds. The number of benzene rings is 1. The number of hydrogen-bond donors (Lipinski definition) is 1. The van der Waals surface area contributed by atoms with Gasteiger partial charge in [0, 0.05) is 25.0 Å². The van der Waals surface area contributed by atoms with Crippen molar-refractivity contribution >= 4 is 31.5 Å². The average molecular weight is 403 g/mol. The fourth-order valence-electron chi connectivity index (χ4n) is 3.00. The molecule has 0 radical (unpaired) electrons. The summed E-state index contributed by atoms with van der Waals surface area (Å²) in [5.74, 6) is -0.650. The molecule has 1 atom stereocenters. The molecule has 0 aromatic heterocycles. The first-order valence-electron chi connectivity index (χ1n) is 8.64. The van der Waals surface area contributed by atoms with E-state index in [9.17, 15) is 21.6 Å². The molecule has 26 heavy (non-hydrogen) atoms. The molecule has 1 fully saturated rings. The van der Waals surface area contributed by atoms with Crippen LogP contribution in [0.5, 0.6) is 0 Å². The fraction of sp³-hybridized carbons (Fsp3) is 0.588. The number of piperidine rings is 1. The molecule has 1 aromatic carbocycles. The Balaban J connectivity index is 2.15. The maximum absolute atomic E-state index is 12.6. The zero-order valence-corrected chi connectivity index (χ0v) is 17.0. The van der Waals surface area contributed by atoms with Crippen LogP contribution in [-0.4, -0.2) is 52.1 Å². The van der Waals surface area contributed by atoms with Crippen molar-refractivity contribution in [1.29, 1.82) is 0 Å². The number of carbonyl (C=O) groups is 1. The van der Waals surface area contributed by atoms with Crippen LogP contribution in [0.4, 0.5) is 5.69 Å². The number of nitrogens with one attached hydrogen (secondary N) is 1. The molecule has 1 heterocycles. The van der Waals surface area contributed by atoms with E-state index in [2.05, 4.69) is 5.32 Å². The molecule has 0 saturated carbocycles. The van der Waals surface area contributed by atoms with Gasteiger partial charge in [0.05, 0.1) is 16.6 Å². The van der Waals surface area contributed by atoms with E-state index in [-0.39, 0.29) is 23.1 Å². The van der Waals surface area contributed by atoms with Gasteiger partial charge in [-0.05, 0) is 43.9 Å². The van der Waals surface area contributed by atoms with Gasteiger partial charge in [-0.15, -0.1) is 0 Å². The highest BCUT2D eigenvalue weighted by atomic mass is 32.2. The maximum Gasteiger partial charge on any atom is 0.228 e.